The molecule has 0 spiro atoms. The van der Waals surface area contributed by atoms with Gasteiger partial charge in [0, 0.05) is 35.6 Å². The number of anilines is 1. The zero-order valence-corrected chi connectivity index (χ0v) is 17.3. The van der Waals surface area contributed by atoms with E-state index in [1.165, 1.54) is 0 Å². The smallest absolute Gasteiger partial charge is 0.315 e. The number of aryl methyl sites for hydroxylation is 1. The van der Waals surface area contributed by atoms with Crippen molar-refractivity contribution in [3.05, 3.63) is 77.7 Å². The molecule has 1 aromatic heterocycles. The zero-order valence-electron chi connectivity index (χ0n) is 17.3. The second kappa shape index (κ2) is 9.65. The normalized spacial score (nSPS) is 10.5. The van der Waals surface area contributed by atoms with Crippen LogP contribution in [0.25, 0.3) is 11.3 Å². The van der Waals surface area contributed by atoms with Crippen LogP contribution in [0.1, 0.15) is 35.6 Å². The molecular formula is C23H25N5O2. The van der Waals surface area contributed by atoms with Gasteiger partial charge in [-0.1, -0.05) is 24.3 Å². The molecule has 0 atom stereocenters. The van der Waals surface area contributed by atoms with Gasteiger partial charge in [-0.2, -0.15) is 0 Å². The average Bonchev–Trinajstić information content (AvgIpc) is 2.72. The summed E-state index contributed by atoms with van der Waals surface area (Å²) in [7, 11) is 0. The number of nitrogens with one attached hydrogen (secondary N) is 3. The molecule has 0 bridgehead atoms. The molecule has 0 aliphatic rings. The highest BCUT2D eigenvalue weighted by Gasteiger charge is 2.08. The van der Waals surface area contributed by atoms with Gasteiger partial charge in [-0.05, 0) is 56.7 Å². The summed E-state index contributed by atoms with van der Waals surface area (Å²) in [4.78, 5) is 32.8. The Bertz CT molecular complexity index is 1030. The number of urea groups is 1. The Kier molecular flexibility index (Phi) is 6.75. The molecule has 7 heteroatoms. The molecule has 0 unspecified atom stereocenters. The Morgan fingerprint density at radius 2 is 1.80 bits per heavy atom. The minimum absolute atomic E-state index is 0.0768. The molecule has 3 N–H and O–H groups in total. The summed E-state index contributed by atoms with van der Waals surface area (Å²) >= 11 is 0. The fourth-order valence-electron chi connectivity index (χ4n) is 2.85. The number of hydrogen-bond acceptors (Lipinski definition) is 4. The second-order valence-electron chi connectivity index (χ2n) is 7.20. The maximum Gasteiger partial charge on any atom is 0.315 e. The predicted molar refractivity (Wildman–Crippen MR) is 117 cm³/mol. The van der Waals surface area contributed by atoms with E-state index in [4.69, 9.17) is 0 Å². The summed E-state index contributed by atoms with van der Waals surface area (Å²) in [6.45, 7) is 6.03. The van der Waals surface area contributed by atoms with Gasteiger partial charge in [0.1, 0.15) is 5.82 Å². The molecule has 3 rings (SSSR count). The number of carbonyl (C=O) groups is 2. The van der Waals surface area contributed by atoms with E-state index in [1.54, 1.807) is 18.3 Å². The molecule has 0 aliphatic heterocycles. The molecule has 3 aromatic rings. The Hall–Kier alpha value is -3.74. The van der Waals surface area contributed by atoms with E-state index in [9.17, 15) is 9.59 Å². The van der Waals surface area contributed by atoms with Crippen LogP contribution < -0.4 is 16.0 Å². The van der Waals surface area contributed by atoms with Crippen molar-refractivity contribution in [2.24, 2.45) is 0 Å². The third-order valence-electron chi connectivity index (χ3n) is 4.28. The van der Waals surface area contributed by atoms with Gasteiger partial charge in [0.15, 0.2) is 0 Å². The third-order valence-corrected chi connectivity index (χ3v) is 4.28. The van der Waals surface area contributed by atoms with Crippen LogP contribution in [0.3, 0.4) is 0 Å². The van der Waals surface area contributed by atoms with Crippen LogP contribution in [0.4, 0.5) is 10.5 Å². The molecule has 2 aromatic carbocycles. The lowest BCUT2D eigenvalue weighted by atomic mass is 10.1. The van der Waals surface area contributed by atoms with E-state index in [0.29, 0.717) is 23.6 Å². The van der Waals surface area contributed by atoms with Gasteiger partial charge >= 0.3 is 6.03 Å². The van der Waals surface area contributed by atoms with Gasteiger partial charge in [-0.25, -0.2) is 14.8 Å². The van der Waals surface area contributed by atoms with Crippen molar-refractivity contribution >= 4 is 17.6 Å². The number of amides is 3. The topological polar surface area (TPSA) is 96.0 Å². The van der Waals surface area contributed by atoms with Crippen LogP contribution in [-0.4, -0.2) is 27.9 Å². The summed E-state index contributed by atoms with van der Waals surface area (Å²) < 4.78 is 0. The Morgan fingerprint density at radius 1 is 1.03 bits per heavy atom. The number of hydrogen-bond donors (Lipinski definition) is 3. The number of benzene rings is 2. The van der Waals surface area contributed by atoms with E-state index < -0.39 is 0 Å². The van der Waals surface area contributed by atoms with Crippen LogP contribution in [0.5, 0.6) is 0 Å². The molecule has 0 saturated heterocycles. The molecule has 1 heterocycles. The maximum absolute atomic E-state index is 12.6. The first-order valence-electron chi connectivity index (χ1n) is 9.75. The largest absolute Gasteiger partial charge is 0.336 e. The lowest BCUT2D eigenvalue weighted by Gasteiger charge is -2.11. The van der Waals surface area contributed by atoms with Crippen molar-refractivity contribution in [1.29, 1.82) is 0 Å². The van der Waals surface area contributed by atoms with Crippen LogP contribution in [0.2, 0.25) is 0 Å². The molecule has 0 saturated carbocycles. The van der Waals surface area contributed by atoms with Crippen LogP contribution in [0, 0.1) is 6.92 Å². The molecule has 154 valence electrons. The molecule has 3 amide bonds. The molecule has 0 aliphatic carbocycles. The number of carbonyl (C=O) groups excluding carboxylic acids is 2. The fraction of sp³-hybridized carbons (Fsp3) is 0.217. The van der Waals surface area contributed by atoms with Gasteiger partial charge in [-0.3, -0.25) is 4.79 Å². The summed E-state index contributed by atoms with van der Waals surface area (Å²) in [5, 5.41) is 8.46. The highest BCUT2D eigenvalue weighted by atomic mass is 16.2. The van der Waals surface area contributed by atoms with Gasteiger partial charge in [0.05, 0.1) is 5.69 Å². The summed E-state index contributed by atoms with van der Waals surface area (Å²) in [6, 6.07) is 16.4. The van der Waals surface area contributed by atoms with Crippen molar-refractivity contribution in [2.45, 2.75) is 33.4 Å². The van der Waals surface area contributed by atoms with Crippen molar-refractivity contribution in [1.82, 2.24) is 20.6 Å². The van der Waals surface area contributed by atoms with Gasteiger partial charge < -0.3 is 16.0 Å². The van der Waals surface area contributed by atoms with Crippen LogP contribution >= 0.6 is 0 Å². The summed E-state index contributed by atoms with van der Waals surface area (Å²) in [5.41, 5.74) is 3.83. The van der Waals surface area contributed by atoms with Crippen LogP contribution in [0.15, 0.2) is 60.8 Å². The molecule has 30 heavy (non-hydrogen) atoms. The molecule has 0 radical (unpaired) electrons. The Labute approximate surface area is 176 Å². The van der Waals surface area contributed by atoms with Gasteiger partial charge in [-0.15, -0.1) is 0 Å². The standard InChI is InChI=1S/C23H25N5O2/c1-15(2)26-23(30)25-14-17-7-9-18(10-8-17)22(29)28-20-6-4-5-19(13-20)21-11-12-24-16(3)27-21/h4-13,15H,14H2,1-3H3,(H,28,29)(H2,25,26,30). The SMILES string of the molecule is Cc1nccc(-c2cccc(NC(=O)c3ccc(CNC(=O)NC(C)C)cc3)c2)n1. The number of rotatable bonds is 6. The van der Waals surface area contributed by atoms with Gasteiger partial charge in [0.25, 0.3) is 5.91 Å². The van der Waals surface area contributed by atoms with Crippen molar-refractivity contribution in [3.63, 3.8) is 0 Å². The number of aromatic nitrogens is 2. The molecule has 7 nitrogen and oxygen atoms in total. The lowest BCUT2D eigenvalue weighted by Crippen LogP contribution is -2.39. The first-order valence-corrected chi connectivity index (χ1v) is 9.75. The number of nitrogens with zero attached hydrogens (tertiary/aromatic N) is 2. The maximum atomic E-state index is 12.6. The van der Waals surface area contributed by atoms with E-state index >= 15 is 0 Å². The molecular weight excluding hydrogens is 378 g/mol. The minimum Gasteiger partial charge on any atom is -0.336 e. The van der Waals surface area contributed by atoms with Crippen molar-refractivity contribution < 1.29 is 9.59 Å². The zero-order chi connectivity index (χ0) is 21.5. The summed E-state index contributed by atoms with van der Waals surface area (Å²) in [5.74, 6) is 0.487. The summed E-state index contributed by atoms with van der Waals surface area (Å²) in [6.07, 6.45) is 1.71. The Balaban J connectivity index is 1.62. The monoisotopic (exact) mass is 403 g/mol. The fourth-order valence-corrected chi connectivity index (χ4v) is 2.85. The Morgan fingerprint density at radius 3 is 2.50 bits per heavy atom. The molecule has 0 fully saturated rings. The van der Waals surface area contributed by atoms with E-state index in [1.807, 2.05) is 63.2 Å². The van der Waals surface area contributed by atoms with Crippen molar-refractivity contribution in [2.75, 3.05) is 5.32 Å². The first-order chi connectivity index (χ1) is 14.4. The average molecular weight is 403 g/mol. The minimum atomic E-state index is -0.217. The van der Waals surface area contributed by atoms with Crippen molar-refractivity contribution in [3.8, 4) is 11.3 Å². The lowest BCUT2D eigenvalue weighted by molar-refractivity contribution is 0.102. The third kappa shape index (κ3) is 5.88. The quantitative estimate of drug-likeness (QED) is 0.581. The van der Waals surface area contributed by atoms with Crippen LogP contribution in [-0.2, 0) is 6.54 Å². The van der Waals surface area contributed by atoms with Gasteiger partial charge in [0.2, 0.25) is 0 Å². The second-order valence-corrected chi connectivity index (χ2v) is 7.20. The first kappa shape index (κ1) is 21.0. The highest BCUT2D eigenvalue weighted by Crippen LogP contribution is 2.21. The van der Waals surface area contributed by atoms with E-state index in [-0.39, 0.29) is 18.0 Å². The predicted octanol–water partition coefficient (Wildman–Crippen LogP) is 3.91. The highest BCUT2D eigenvalue weighted by molar-refractivity contribution is 6.04. The van der Waals surface area contributed by atoms with E-state index in [0.717, 1.165) is 16.8 Å². The van der Waals surface area contributed by atoms with E-state index in [2.05, 4.69) is 25.9 Å².